The SMILES string of the molecule is CCc1nn(C)cc1CNCC(O)c1cc(F)ccc1F. The summed E-state index contributed by atoms with van der Waals surface area (Å²) in [7, 11) is 1.85. The molecule has 0 bridgehead atoms. The van der Waals surface area contributed by atoms with E-state index in [0.29, 0.717) is 6.54 Å². The van der Waals surface area contributed by atoms with Gasteiger partial charge in [0.1, 0.15) is 11.6 Å². The van der Waals surface area contributed by atoms with E-state index in [2.05, 4.69) is 10.4 Å². The van der Waals surface area contributed by atoms with Gasteiger partial charge >= 0.3 is 0 Å². The summed E-state index contributed by atoms with van der Waals surface area (Å²) in [6.07, 6.45) is 1.63. The van der Waals surface area contributed by atoms with Crippen LogP contribution in [0, 0.1) is 11.6 Å². The molecule has 1 heterocycles. The molecule has 0 amide bonds. The zero-order valence-corrected chi connectivity index (χ0v) is 12.1. The second-order valence-corrected chi connectivity index (χ2v) is 4.94. The van der Waals surface area contributed by atoms with Gasteiger partial charge in [-0.2, -0.15) is 5.10 Å². The number of aryl methyl sites for hydroxylation is 2. The number of aliphatic hydroxyl groups excluding tert-OH is 1. The Balaban J connectivity index is 1.95. The molecule has 4 nitrogen and oxygen atoms in total. The topological polar surface area (TPSA) is 50.1 Å². The van der Waals surface area contributed by atoms with Crippen molar-refractivity contribution in [1.82, 2.24) is 15.1 Å². The van der Waals surface area contributed by atoms with Crippen LogP contribution < -0.4 is 5.32 Å². The third-order valence-corrected chi connectivity index (χ3v) is 3.30. The zero-order chi connectivity index (χ0) is 15.4. The summed E-state index contributed by atoms with van der Waals surface area (Å²) in [4.78, 5) is 0. The number of hydrogen-bond donors (Lipinski definition) is 2. The number of aliphatic hydroxyl groups is 1. The lowest BCUT2D eigenvalue weighted by molar-refractivity contribution is 0.169. The molecule has 0 fully saturated rings. The maximum atomic E-state index is 13.5. The minimum atomic E-state index is -1.09. The van der Waals surface area contributed by atoms with Crippen LogP contribution in [0.1, 0.15) is 29.8 Å². The predicted molar refractivity (Wildman–Crippen MR) is 75.6 cm³/mol. The van der Waals surface area contributed by atoms with Gasteiger partial charge in [0.2, 0.25) is 0 Å². The van der Waals surface area contributed by atoms with Gasteiger partial charge in [-0.3, -0.25) is 4.68 Å². The lowest BCUT2D eigenvalue weighted by Gasteiger charge is -2.13. The molecule has 114 valence electrons. The van der Waals surface area contributed by atoms with E-state index < -0.39 is 17.7 Å². The van der Waals surface area contributed by atoms with Crippen molar-refractivity contribution < 1.29 is 13.9 Å². The summed E-state index contributed by atoms with van der Waals surface area (Å²) in [5.41, 5.74) is 1.98. The van der Waals surface area contributed by atoms with Gasteiger partial charge in [-0.25, -0.2) is 8.78 Å². The fourth-order valence-electron chi connectivity index (χ4n) is 2.25. The largest absolute Gasteiger partial charge is 0.387 e. The minimum Gasteiger partial charge on any atom is -0.387 e. The van der Waals surface area contributed by atoms with Crippen molar-refractivity contribution in [1.29, 1.82) is 0 Å². The highest BCUT2D eigenvalue weighted by atomic mass is 19.1. The molecule has 6 heteroatoms. The fraction of sp³-hybridized carbons (Fsp3) is 0.400. The Labute approximate surface area is 122 Å². The van der Waals surface area contributed by atoms with Gasteiger partial charge in [-0.05, 0) is 24.6 Å². The maximum Gasteiger partial charge on any atom is 0.129 e. The molecule has 0 aliphatic rings. The highest BCUT2D eigenvalue weighted by Gasteiger charge is 2.14. The third-order valence-electron chi connectivity index (χ3n) is 3.30. The molecular weight excluding hydrogens is 276 g/mol. The Morgan fingerprint density at radius 3 is 2.86 bits per heavy atom. The molecule has 1 aromatic carbocycles. The third kappa shape index (κ3) is 3.86. The summed E-state index contributed by atoms with van der Waals surface area (Å²) in [6, 6.07) is 3.07. The van der Waals surface area contributed by atoms with E-state index >= 15 is 0 Å². The normalized spacial score (nSPS) is 12.6. The molecule has 0 aliphatic carbocycles. The Hall–Kier alpha value is -1.79. The number of rotatable bonds is 6. The van der Waals surface area contributed by atoms with Gasteiger partial charge in [-0.1, -0.05) is 6.92 Å². The van der Waals surface area contributed by atoms with Gasteiger partial charge in [0.05, 0.1) is 11.8 Å². The van der Waals surface area contributed by atoms with Crippen molar-refractivity contribution >= 4 is 0 Å². The quantitative estimate of drug-likeness (QED) is 0.858. The van der Waals surface area contributed by atoms with Crippen molar-refractivity contribution in [3.63, 3.8) is 0 Å². The van der Waals surface area contributed by atoms with E-state index in [1.165, 1.54) is 0 Å². The van der Waals surface area contributed by atoms with Crippen molar-refractivity contribution in [2.75, 3.05) is 6.54 Å². The van der Waals surface area contributed by atoms with Crippen LogP contribution >= 0.6 is 0 Å². The summed E-state index contributed by atoms with van der Waals surface area (Å²) in [5.74, 6) is -1.17. The lowest BCUT2D eigenvalue weighted by atomic mass is 10.1. The molecule has 0 spiro atoms. The van der Waals surface area contributed by atoms with E-state index in [4.69, 9.17) is 0 Å². The van der Waals surface area contributed by atoms with Crippen LogP contribution in [0.4, 0.5) is 8.78 Å². The molecule has 2 N–H and O–H groups in total. The zero-order valence-electron chi connectivity index (χ0n) is 12.1. The minimum absolute atomic E-state index is 0.0376. The summed E-state index contributed by atoms with van der Waals surface area (Å²) < 4.78 is 28.3. The Kier molecular flexibility index (Phi) is 5.03. The van der Waals surface area contributed by atoms with Gasteiger partial charge < -0.3 is 10.4 Å². The second kappa shape index (κ2) is 6.78. The van der Waals surface area contributed by atoms with Crippen molar-refractivity contribution in [3.05, 3.63) is 52.9 Å². The number of nitrogens with one attached hydrogen (secondary N) is 1. The molecule has 2 rings (SSSR count). The van der Waals surface area contributed by atoms with Crippen LogP contribution in [-0.4, -0.2) is 21.4 Å². The van der Waals surface area contributed by atoms with Crippen LogP contribution in [0.25, 0.3) is 0 Å². The first-order valence-electron chi connectivity index (χ1n) is 6.86. The Bertz CT molecular complexity index is 613. The first-order chi connectivity index (χ1) is 10.0. The summed E-state index contributed by atoms with van der Waals surface area (Å²) >= 11 is 0. The molecular formula is C15H19F2N3O. The fourth-order valence-corrected chi connectivity index (χ4v) is 2.25. The maximum absolute atomic E-state index is 13.5. The van der Waals surface area contributed by atoms with Gasteiger partial charge in [0, 0.05) is 37.5 Å². The molecule has 1 aromatic heterocycles. The Morgan fingerprint density at radius 1 is 1.38 bits per heavy atom. The average molecular weight is 295 g/mol. The van der Waals surface area contributed by atoms with Crippen molar-refractivity contribution in [2.45, 2.75) is 26.0 Å². The van der Waals surface area contributed by atoms with E-state index in [-0.39, 0.29) is 12.1 Å². The molecule has 0 saturated carbocycles. The number of aromatic nitrogens is 2. The second-order valence-electron chi connectivity index (χ2n) is 4.94. The highest BCUT2D eigenvalue weighted by molar-refractivity contribution is 5.21. The van der Waals surface area contributed by atoms with E-state index in [0.717, 1.165) is 35.9 Å². The van der Waals surface area contributed by atoms with Crippen LogP contribution in [0.3, 0.4) is 0 Å². The molecule has 0 radical (unpaired) electrons. The number of benzene rings is 1. The van der Waals surface area contributed by atoms with Crippen molar-refractivity contribution in [2.24, 2.45) is 7.05 Å². The Morgan fingerprint density at radius 2 is 2.14 bits per heavy atom. The highest BCUT2D eigenvalue weighted by Crippen LogP contribution is 2.18. The van der Waals surface area contributed by atoms with E-state index in [9.17, 15) is 13.9 Å². The summed E-state index contributed by atoms with van der Waals surface area (Å²) in [6.45, 7) is 2.67. The smallest absolute Gasteiger partial charge is 0.129 e. The molecule has 1 unspecified atom stereocenters. The average Bonchev–Trinajstić information content (AvgIpc) is 2.81. The van der Waals surface area contributed by atoms with Crippen molar-refractivity contribution in [3.8, 4) is 0 Å². The number of halogens is 2. The molecule has 0 aliphatic heterocycles. The van der Waals surface area contributed by atoms with Crippen LogP contribution in [0.5, 0.6) is 0 Å². The predicted octanol–water partition coefficient (Wildman–Crippen LogP) is 2.08. The molecule has 2 aromatic rings. The first-order valence-corrected chi connectivity index (χ1v) is 6.86. The van der Waals surface area contributed by atoms with E-state index in [1.807, 2.05) is 20.2 Å². The first kappa shape index (κ1) is 15.6. The van der Waals surface area contributed by atoms with Gasteiger partial charge in [-0.15, -0.1) is 0 Å². The van der Waals surface area contributed by atoms with Crippen LogP contribution in [0.2, 0.25) is 0 Å². The molecule has 1 atom stereocenters. The number of hydrogen-bond acceptors (Lipinski definition) is 3. The standard InChI is InChI=1S/C15H19F2N3O/c1-3-14-10(9-20(2)19-14)7-18-8-15(21)12-6-11(16)4-5-13(12)17/h4-6,9,15,18,21H,3,7-8H2,1-2H3. The monoisotopic (exact) mass is 295 g/mol. The van der Waals surface area contributed by atoms with Gasteiger partial charge in [0.15, 0.2) is 0 Å². The lowest BCUT2D eigenvalue weighted by Crippen LogP contribution is -2.22. The summed E-state index contributed by atoms with van der Waals surface area (Å²) in [5, 5.41) is 17.3. The molecule has 0 saturated heterocycles. The van der Waals surface area contributed by atoms with E-state index in [1.54, 1.807) is 4.68 Å². The molecule has 21 heavy (non-hydrogen) atoms. The van der Waals surface area contributed by atoms with Crippen LogP contribution in [-0.2, 0) is 20.0 Å². The number of nitrogens with zero attached hydrogens (tertiary/aromatic N) is 2. The van der Waals surface area contributed by atoms with Crippen LogP contribution in [0.15, 0.2) is 24.4 Å². The van der Waals surface area contributed by atoms with Gasteiger partial charge in [0.25, 0.3) is 0 Å².